The number of amides is 1. The van der Waals surface area contributed by atoms with Crippen molar-refractivity contribution in [2.24, 2.45) is 0 Å². The number of hydrogen-bond donors (Lipinski definition) is 1. The summed E-state index contributed by atoms with van der Waals surface area (Å²) in [6.45, 7) is 2.43. The minimum absolute atomic E-state index is 0.153. The molecule has 0 aliphatic rings. The highest BCUT2D eigenvalue weighted by atomic mass is 35.5. The lowest BCUT2D eigenvalue weighted by atomic mass is 10.1. The lowest BCUT2D eigenvalue weighted by Gasteiger charge is -2.10. The van der Waals surface area contributed by atoms with Gasteiger partial charge in [0.05, 0.1) is 23.7 Å². The third-order valence-electron chi connectivity index (χ3n) is 4.92. The second kappa shape index (κ2) is 9.13. The van der Waals surface area contributed by atoms with E-state index in [1.54, 1.807) is 4.52 Å². The highest BCUT2D eigenvalue weighted by Gasteiger charge is 2.15. The first-order chi connectivity index (χ1) is 16.1. The Kier molecular flexibility index (Phi) is 5.89. The highest BCUT2D eigenvalue weighted by molar-refractivity contribution is 7.99. The van der Waals surface area contributed by atoms with Crippen LogP contribution in [0.5, 0.6) is 5.75 Å². The van der Waals surface area contributed by atoms with Crippen LogP contribution in [0.2, 0.25) is 5.02 Å². The van der Waals surface area contributed by atoms with E-state index in [1.165, 1.54) is 11.8 Å². The summed E-state index contributed by atoms with van der Waals surface area (Å²) in [4.78, 5) is 12.5. The van der Waals surface area contributed by atoms with Crippen molar-refractivity contribution in [3.05, 3.63) is 72.0 Å². The van der Waals surface area contributed by atoms with Gasteiger partial charge in [0.25, 0.3) is 0 Å². The fraction of sp³-hybridized carbons (Fsp3) is 0.130. The lowest BCUT2D eigenvalue weighted by molar-refractivity contribution is -0.113. The fourth-order valence-electron chi connectivity index (χ4n) is 3.42. The molecular weight excluding hydrogens is 460 g/mol. The minimum atomic E-state index is -0.153. The number of nitrogens with zero attached hydrogens (tertiary/aromatic N) is 5. The van der Waals surface area contributed by atoms with Crippen molar-refractivity contribution < 1.29 is 9.53 Å². The number of thioether (sulfide) groups is 1. The van der Waals surface area contributed by atoms with Crippen LogP contribution in [0.4, 0.5) is 5.69 Å². The van der Waals surface area contributed by atoms with Gasteiger partial charge in [0.2, 0.25) is 5.91 Å². The molecule has 166 valence electrons. The zero-order chi connectivity index (χ0) is 22.8. The smallest absolute Gasteiger partial charge is 0.234 e. The number of nitrogens with one attached hydrogen (secondary N) is 1. The Bertz CT molecular complexity index is 1450. The van der Waals surface area contributed by atoms with Crippen LogP contribution in [0.15, 0.2) is 72.1 Å². The summed E-state index contributed by atoms with van der Waals surface area (Å²) < 4.78 is 9.18. The van der Waals surface area contributed by atoms with Gasteiger partial charge in [0, 0.05) is 23.0 Å². The maximum absolute atomic E-state index is 12.5. The highest BCUT2D eigenvalue weighted by Crippen LogP contribution is 2.26. The molecule has 0 bridgehead atoms. The first kappa shape index (κ1) is 21.3. The van der Waals surface area contributed by atoms with Gasteiger partial charge in [0.15, 0.2) is 10.8 Å². The van der Waals surface area contributed by atoms with Crippen LogP contribution in [-0.2, 0) is 4.79 Å². The molecule has 0 atom stereocenters. The molecule has 10 heteroatoms. The van der Waals surface area contributed by atoms with Gasteiger partial charge in [-0.15, -0.1) is 10.2 Å². The fourth-order valence-corrected chi connectivity index (χ4v) is 4.26. The number of hydrogen-bond acceptors (Lipinski definition) is 6. The van der Waals surface area contributed by atoms with Crippen LogP contribution in [0.1, 0.15) is 6.92 Å². The summed E-state index contributed by atoms with van der Waals surface area (Å²) in [5.41, 5.74) is 3.89. The molecule has 0 radical (unpaired) electrons. The first-order valence-electron chi connectivity index (χ1n) is 10.3. The Labute approximate surface area is 198 Å². The number of halogens is 1. The van der Waals surface area contributed by atoms with Crippen LogP contribution in [-0.4, -0.2) is 42.5 Å². The number of ether oxygens (including phenoxy) is 1. The standard InChI is InChI=1S/C23H19ClN6O2S/c1-2-32-20-6-4-3-5-17(20)25-21(31)14-33-23-27-26-22-19-13-18(15-7-9-16(24)10-8-15)28-30(19)12-11-29(22)23/h3-13H,2,14H2,1H3,(H,25,31). The maximum atomic E-state index is 12.5. The molecule has 0 unspecified atom stereocenters. The van der Waals surface area contributed by atoms with Crippen molar-refractivity contribution in [2.45, 2.75) is 12.1 Å². The monoisotopic (exact) mass is 478 g/mol. The van der Waals surface area contributed by atoms with Crippen molar-refractivity contribution in [3.63, 3.8) is 0 Å². The number of carbonyl (C=O) groups excluding carboxylic acids is 1. The molecule has 8 nitrogen and oxygen atoms in total. The van der Waals surface area contributed by atoms with E-state index in [0.29, 0.717) is 33.9 Å². The van der Waals surface area contributed by atoms with Crippen LogP contribution in [0.25, 0.3) is 22.4 Å². The summed E-state index contributed by atoms with van der Waals surface area (Å²) in [6.07, 6.45) is 3.68. The third kappa shape index (κ3) is 4.37. The topological polar surface area (TPSA) is 85.8 Å². The van der Waals surface area contributed by atoms with Crippen LogP contribution in [0.3, 0.4) is 0 Å². The summed E-state index contributed by atoms with van der Waals surface area (Å²) in [6, 6.07) is 16.8. The van der Waals surface area contributed by atoms with Gasteiger partial charge in [0.1, 0.15) is 11.3 Å². The van der Waals surface area contributed by atoms with Crippen LogP contribution >= 0.6 is 23.4 Å². The van der Waals surface area contributed by atoms with Crippen molar-refractivity contribution in [1.29, 1.82) is 0 Å². The number of fused-ring (bicyclic) bond motifs is 3. The van der Waals surface area contributed by atoms with Gasteiger partial charge in [-0.1, -0.05) is 47.6 Å². The van der Waals surface area contributed by atoms with E-state index in [0.717, 1.165) is 16.8 Å². The summed E-state index contributed by atoms with van der Waals surface area (Å²) in [5, 5.41) is 17.4. The molecule has 5 aromatic rings. The van der Waals surface area contributed by atoms with Gasteiger partial charge in [-0.3, -0.25) is 9.20 Å². The minimum Gasteiger partial charge on any atom is -0.492 e. The Morgan fingerprint density at radius 1 is 1.12 bits per heavy atom. The second-order valence-corrected chi connectivity index (χ2v) is 8.49. The van der Waals surface area contributed by atoms with E-state index in [2.05, 4.69) is 20.6 Å². The molecule has 3 heterocycles. The molecule has 1 N–H and O–H groups in total. The summed E-state index contributed by atoms with van der Waals surface area (Å²) in [7, 11) is 0. The van der Waals surface area contributed by atoms with E-state index < -0.39 is 0 Å². The van der Waals surface area contributed by atoms with E-state index in [1.807, 2.05) is 78.3 Å². The number of carbonyl (C=O) groups is 1. The molecule has 0 aliphatic carbocycles. The second-order valence-electron chi connectivity index (χ2n) is 7.11. The van der Waals surface area contributed by atoms with Crippen molar-refractivity contribution in [1.82, 2.24) is 24.2 Å². The van der Waals surface area contributed by atoms with Gasteiger partial charge in [-0.25, -0.2) is 4.52 Å². The zero-order valence-electron chi connectivity index (χ0n) is 17.6. The predicted molar refractivity (Wildman–Crippen MR) is 129 cm³/mol. The third-order valence-corrected chi connectivity index (χ3v) is 6.11. The van der Waals surface area contributed by atoms with Crippen molar-refractivity contribution in [3.8, 4) is 17.0 Å². The van der Waals surface area contributed by atoms with Gasteiger partial charge in [-0.05, 0) is 37.3 Å². The zero-order valence-corrected chi connectivity index (χ0v) is 19.2. The maximum Gasteiger partial charge on any atom is 0.234 e. The van der Waals surface area contributed by atoms with E-state index >= 15 is 0 Å². The first-order valence-corrected chi connectivity index (χ1v) is 11.6. The molecule has 5 rings (SSSR count). The average Bonchev–Trinajstić information content (AvgIpc) is 3.43. The number of anilines is 1. The molecule has 0 saturated carbocycles. The van der Waals surface area contributed by atoms with Gasteiger partial charge < -0.3 is 10.1 Å². The van der Waals surface area contributed by atoms with E-state index in [9.17, 15) is 4.79 Å². The Morgan fingerprint density at radius 2 is 1.94 bits per heavy atom. The summed E-state index contributed by atoms with van der Waals surface area (Å²) in [5.74, 6) is 0.673. The predicted octanol–water partition coefficient (Wildman–Crippen LogP) is 4.83. The van der Waals surface area contributed by atoms with Crippen molar-refractivity contribution >= 4 is 46.1 Å². The molecular formula is C23H19ClN6O2S. The van der Waals surface area contributed by atoms with Crippen LogP contribution in [0, 0.1) is 0 Å². The molecule has 0 spiro atoms. The molecule has 0 fully saturated rings. The normalized spacial score (nSPS) is 11.2. The average molecular weight is 479 g/mol. The number of para-hydroxylation sites is 2. The Balaban J connectivity index is 1.35. The van der Waals surface area contributed by atoms with Gasteiger partial charge in [-0.2, -0.15) is 5.10 Å². The van der Waals surface area contributed by atoms with E-state index in [4.69, 9.17) is 16.3 Å². The largest absolute Gasteiger partial charge is 0.492 e. The molecule has 2 aromatic carbocycles. The molecule has 0 aliphatic heterocycles. The SMILES string of the molecule is CCOc1ccccc1NC(=O)CSc1nnc2c3cc(-c4ccc(Cl)cc4)nn3ccn12. The molecule has 3 aromatic heterocycles. The van der Waals surface area contributed by atoms with Crippen LogP contribution < -0.4 is 10.1 Å². The van der Waals surface area contributed by atoms with Crippen molar-refractivity contribution in [2.75, 3.05) is 17.7 Å². The Morgan fingerprint density at radius 3 is 2.76 bits per heavy atom. The number of benzene rings is 2. The Hall–Kier alpha value is -3.56. The summed E-state index contributed by atoms with van der Waals surface area (Å²) >= 11 is 7.30. The van der Waals surface area contributed by atoms with E-state index in [-0.39, 0.29) is 11.7 Å². The quantitative estimate of drug-likeness (QED) is 0.337. The number of aromatic nitrogens is 5. The number of rotatable bonds is 7. The molecule has 33 heavy (non-hydrogen) atoms. The molecule has 0 saturated heterocycles. The van der Waals surface area contributed by atoms with Gasteiger partial charge >= 0.3 is 0 Å². The molecule has 1 amide bonds. The lowest BCUT2D eigenvalue weighted by Crippen LogP contribution is -2.15.